The van der Waals surface area contributed by atoms with Crippen LogP contribution in [0.15, 0.2) is 72.8 Å². The molecule has 0 radical (unpaired) electrons. The number of amides is 1. The van der Waals surface area contributed by atoms with Crippen molar-refractivity contribution in [2.24, 2.45) is 0 Å². The number of carboxylic acid groups (broad SMARTS) is 1. The third-order valence-electron chi connectivity index (χ3n) is 5.42. The van der Waals surface area contributed by atoms with E-state index < -0.39 is 17.9 Å². The number of hydrogen-bond acceptors (Lipinski definition) is 4. The Morgan fingerprint density at radius 3 is 2.28 bits per heavy atom. The molecule has 1 unspecified atom stereocenters. The molecule has 0 bridgehead atoms. The predicted molar refractivity (Wildman–Crippen MR) is 125 cm³/mol. The SMILES string of the molecule is COc1ccc(CCc2cc(C(=O)NC(CCc3ccccc3)C(=O)O)ccc2N)cc1. The largest absolute Gasteiger partial charge is 0.497 e. The fourth-order valence-corrected chi connectivity index (χ4v) is 3.49. The second kappa shape index (κ2) is 11.0. The molecule has 3 rings (SSSR count). The molecule has 6 heteroatoms. The second-order valence-electron chi connectivity index (χ2n) is 7.65. The van der Waals surface area contributed by atoms with Crippen LogP contribution in [-0.4, -0.2) is 30.1 Å². The third kappa shape index (κ3) is 6.35. The highest BCUT2D eigenvalue weighted by molar-refractivity contribution is 5.97. The van der Waals surface area contributed by atoms with E-state index in [9.17, 15) is 14.7 Å². The number of benzene rings is 3. The number of aryl methyl sites for hydroxylation is 3. The Balaban J connectivity index is 1.64. The summed E-state index contributed by atoms with van der Waals surface area (Å²) >= 11 is 0. The number of hydrogen-bond donors (Lipinski definition) is 3. The first-order valence-electron chi connectivity index (χ1n) is 10.5. The van der Waals surface area contributed by atoms with E-state index in [-0.39, 0.29) is 0 Å². The Labute approximate surface area is 188 Å². The van der Waals surface area contributed by atoms with Gasteiger partial charge in [0.25, 0.3) is 5.91 Å². The van der Waals surface area contributed by atoms with E-state index in [0.29, 0.717) is 30.5 Å². The van der Waals surface area contributed by atoms with Crippen molar-refractivity contribution in [3.8, 4) is 5.75 Å². The standard InChI is InChI=1S/C26H28N2O4/c1-32-22-13-8-19(9-14-22)7-11-20-17-21(12-15-23(20)27)25(29)28-24(26(30)31)16-10-18-5-3-2-4-6-18/h2-6,8-9,12-15,17,24H,7,10-11,16,27H2,1H3,(H,28,29)(H,30,31). The topological polar surface area (TPSA) is 102 Å². The zero-order valence-electron chi connectivity index (χ0n) is 18.1. The highest BCUT2D eigenvalue weighted by Gasteiger charge is 2.21. The van der Waals surface area contributed by atoms with Gasteiger partial charge in [0, 0.05) is 11.3 Å². The molecule has 0 aliphatic rings. The van der Waals surface area contributed by atoms with Crippen LogP contribution in [0.5, 0.6) is 5.75 Å². The monoisotopic (exact) mass is 432 g/mol. The lowest BCUT2D eigenvalue weighted by molar-refractivity contribution is -0.139. The molecule has 0 aliphatic heterocycles. The van der Waals surface area contributed by atoms with Gasteiger partial charge in [0.15, 0.2) is 0 Å². The molecular formula is C26H28N2O4. The molecule has 32 heavy (non-hydrogen) atoms. The van der Waals surface area contributed by atoms with Gasteiger partial charge in [-0.05, 0) is 72.7 Å². The van der Waals surface area contributed by atoms with E-state index in [1.807, 2.05) is 54.6 Å². The van der Waals surface area contributed by atoms with Gasteiger partial charge in [-0.1, -0.05) is 42.5 Å². The van der Waals surface area contributed by atoms with Crippen LogP contribution in [0.25, 0.3) is 0 Å². The Morgan fingerprint density at radius 2 is 1.62 bits per heavy atom. The van der Waals surface area contributed by atoms with Crippen LogP contribution in [0.2, 0.25) is 0 Å². The van der Waals surface area contributed by atoms with Gasteiger partial charge in [-0.25, -0.2) is 4.79 Å². The summed E-state index contributed by atoms with van der Waals surface area (Å²) in [7, 11) is 1.63. The van der Waals surface area contributed by atoms with Gasteiger partial charge in [-0.3, -0.25) is 4.79 Å². The Kier molecular flexibility index (Phi) is 7.86. The van der Waals surface area contributed by atoms with Crippen molar-refractivity contribution in [2.75, 3.05) is 12.8 Å². The smallest absolute Gasteiger partial charge is 0.326 e. The van der Waals surface area contributed by atoms with Gasteiger partial charge in [-0.15, -0.1) is 0 Å². The fraction of sp³-hybridized carbons (Fsp3) is 0.231. The first kappa shape index (κ1) is 22.9. The number of nitrogen functional groups attached to an aromatic ring is 1. The minimum absolute atomic E-state index is 0.310. The van der Waals surface area contributed by atoms with Crippen molar-refractivity contribution >= 4 is 17.6 Å². The van der Waals surface area contributed by atoms with Crippen LogP contribution in [0.3, 0.4) is 0 Å². The van der Waals surface area contributed by atoms with Gasteiger partial charge >= 0.3 is 5.97 Å². The minimum Gasteiger partial charge on any atom is -0.497 e. The van der Waals surface area contributed by atoms with Crippen LogP contribution in [0.4, 0.5) is 5.69 Å². The summed E-state index contributed by atoms with van der Waals surface area (Å²) in [5.41, 5.74) is 10.1. The summed E-state index contributed by atoms with van der Waals surface area (Å²) in [5.74, 6) is -0.673. The van der Waals surface area contributed by atoms with E-state index in [1.54, 1.807) is 25.3 Å². The number of methoxy groups -OCH3 is 1. The van der Waals surface area contributed by atoms with E-state index in [0.717, 1.165) is 28.9 Å². The number of nitrogens with two attached hydrogens (primary N) is 1. The van der Waals surface area contributed by atoms with Gasteiger partial charge < -0.3 is 20.9 Å². The normalized spacial score (nSPS) is 11.5. The van der Waals surface area contributed by atoms with Crippen molar-refractivity contribution < 1.29 is 19.4 Å². The molecule has 0 saturated carbocycles. The van der Waals surface area contributed by atoms with Crippen LogP contribution < -0.4 is 15.8 Å². The van der Waals surface area contributed by atoms with E-state index in [4.69, 9.17) is 10.5 Å². The highest BCUT2D eigenvalue weighted by atomic mass is 16.5. The first-order chi connectivity index (χ1) is 15.5. The lowest BCUT2D eigenvalue weighted by Crippen LogP contribution is -2.41. The van der Waals surface area contributed by atoms with Gasteiger partial charge in [0.05, 0.1) is 7.11 Å². The third-order valence-corrected chi connectivity index (χ3v) is 5.42. The van der Waals surface area contributed by atoms with Crippen LogP contribution in [0.1, 0.15) is 33.5 Å². The molecule has 1 atom stereocenters. The number of aliphatic carboxylic acids is 1. The molecule has 0 heterocycles. The lowest BCUT2D eigenvalue weighted by Gasteiger charge is -2.15. The molecule has 3 aromatic rings. The molecule has 0 spiro atoms. The average molecular weight is 433 g/mol. The van der Waals surface area contributed by atoms with E-state index in [2.05, 4.69) is 5.32 Å². The van der Waals surface area contributed by atoms with Crippen molar-refractivity contribution in [1.29, 1.82) is 0 Å². The summed E-state index contributed by atoms with van der Waals surface area (Å²) < 4.78 is 5.18. The van der Waals surface area contributed by atoms with Crippen molar-refractivity contribution in [3.63, 3.8) is 0 Å². The zero-order chi connectivity index (χ0) is 22.9. The minimum atomic E-state index is -1.05. The Hall–Kier alpha value is -3.80. The predicted octanol–water partition coefficient (Wildman–Crippen LogP) is 3.88. The van der Waals surface area contributed by atoms with Gasteiger partial charge in [0.2, 0.25) is 0 Å². The zero-order valence-corrected chi connectivity index (χ0v) is 18.1. The molecule has 0 saturated heterocycles. The first-order valence-corrected chi connectivity index (χ1v) is 10.5. The molecule has 6 nitrogen and oxygen atoms in total. The fourth-order valence-electron chi connectivity index (χ4n) is 3.49. The number of ether oxygens (including phenoxy) is 1. The second-order valence-corrected chi connectivity index (χ2v) is 7.65. The number of rotatable bonds is 10. The Bertz CT molecular complexity index is 1050. The number of nitrogens with one attached hydrogen (secondary N) is 1. The van der Waals surface area contributed by atoms with Crippen LogP contribution in [-0.2, 0) is 24.1 Å². The van der Waals surface area contributed by atoms with Crippen molar-refractivity contribution in [1.82, 2.24) is 5.32 Å². The molecule has 0 aliphatic carbocycles. The molecule has 166 valence electrons. The highest BCUT2D eigenvalue weighted by Crippen LogP contribution is 2.19. The number of anilines is 1. The summed E-state index contributed by atoms with van der Waals surface area (Å²) in [5, 5.41) is 12.2. The summed E-state index contributed by atoms with van der Waals surface area (Å²) in [6, 6.07) is 21.5. The average Bonchev–Trinajstić information content (AvgIpc) is 2.81. The molecule has 3 aromatic carbocycles. The summed E-state index contributed by atoms with van der Waals surface area (Å²) in [4.78, 5) is 24.4. The number of carboxylic acids is 1. The molecule has 1 amide bonds. The summed E-state index contributed by atoms with van der Waals surface area (Å²) in [6.45, 7) is 0. The maximum Gasteiger partial charge on any atom is 0.326 e. The molecule has 0 aromatic heterocycles. The van der Waals surface area contributed by atoms with E-state index in [1.165, 1.54) is 0 Å². The Morgan fingerprint density at radius 1 is 0.938 bits per heavy atom. The van der Waals surface area contributed by atoms with Crippen LogP contribution >= 0.6 is 0 Å². The number of carbonyl (C=O) groups excluding carboxylic acids is 1. The number of carbonyl (C=O) groups is 2. The van der Waals surface area contributed by atoms with Gasteiger partial charge in [0.1, 0.15) is 11.8 Å². The van der Waals surface area contributed by atoms with E-state index >= 15 is 0 Å². The molecular weight excluding hydrogens is 404 g/mol. The lowest BCUT2D eigenvalue weighted by atomic mass is 10.00. The summed E-state index contributed by atoms with van der Waals surface area (Å²) in [6.07, 6.45) is 2.29. The molecule has 4 N–H and O–H groups in total. The van der Waals surface area contributed by atoms with Crippen molar-refractivity contribution in [3.05, 3.63) is 95.1 Å². The maximum absolute atomic E-state index is 12.8. The van der Waals surface area contributed by atoms with Gasteiger partial charge in [-0.2, -0.15) is 0 Å². The van der Waals surface area contributed by atoms with Crippen LogP contribution in [0, 0.1) is 0 Å². The molecule has 0 fully saturated rings. The maximum atomic E-state index is 12.8. The van der Waals surface area contributed by atoms with Crippen molar-refractivity contribution in [2.45, 2.75) is 31.7 Å². The quantitative estimate of drug-likeness (QED) is 0.422.